The zero-order valence-corrected chi connectivity index (χ0v) is 16.3. The summed E-state index contributed by atoms with van der Waals surface area (Å²) in [5, 5.41) is 15.5. The highest BCUT2D eigenvalue weighted by atomic mass is 16.6. The number of hydrogen-bond acceptors (Lipinski definition) is 3. The largest absolute Gasteiger partial charge is 0.361 e. The number of aromatic amines is 1. The SMILES string of the molecule is O=C(CC(c1cccc([N+](=O)[O-])c1)c1c[nH]c2ccccc12)NC1CCCCC1. The number of nitrogens with zero attached hydrogens (tertiary/aromatic N) is 1. The number of para-hydroxylation sites is 1. The summed E-state index contributed by atoms with van der Waals surface area (Å²) in [4.78, 5) is 27.0. The van der Waals surface area contributed by atoms with E-state index in [1.165, 1.54) is 12.5 Å². The topological polar surface area (TPSA) is 88.0 Å². The van der Waals surface area contributed by atoms with Crippen molar-refractivity contribution >= 4 is 22.5 Å². The van der Waals surface area contributed by atoms with Gasteiger partial charge in [-0.25, -0.2) is 0 Å². The third kappa shape index (κ3) is 4.31. The van der Waals surface area contributed by atoms with Crippen molar-refractivity contribution in [1.29, 1.82) is 0 Å². The molecule has 1 unspecified atom stereocenters. The first-order chi connectivity index (χ1) is 14.1. The molecule has 1 fully saturated rings. The summed E-state index contributed by atoms with van der Waals surface area (Å²) in [7, 11) is 0. The molecule has 0 aliphatic heterocycles. The number of H-pyrrole nitrogens is 1. The molecule has 1 atom stereocenters. The standard InChI is InChI=1S/C23H25N3O3/c27-23(25-17-8-2-1-3-9-17)14-20(16-7-6-10-18(13-16)26(28)29)21-15-24-22-12-5-4-11-19(21)22/h4-7,10-13,15,17,20,24H,1-3,8-9,14H2,(H,25,27). The van der Waals surface area contributed by atoms with Crippen molar-refractivity contribution in [3.63, 3.8) is 0 Å². The Kier molecular flexibility index (Phi) is 5.60. The van der Waals surface area contributed by atoms with Gasteiger partial charge in [0.15, 0.2) is 0 Å². The van der Waals surface area contributed by atoms with Crippen LogP contribution in [0.4, 0.5) is 5.69 Å². The number of carbonyl (C=O) groups excluding carboxylic acids is 1. The maximum Gasteiger partial charge on any atom is 0.269 e. The third-order valence-corrected chi connectivity index (χ3v) is 5.84. The van der Waals surface area contributed by atoms with Crippen LogP contribution < -0.4 is 5.32 Å². The molecule has 0 bridgehead atoms. The van der Waals surface area contributed by atoms with Crippen LogP contribution in [0.5, 0.6) is 0 Å². The van der Waals surface area contributed by atoms with Crippen LogP contribution in [0, 0.1) is 10.1 Å². The Morgan fingerprint density at radius 2 is 1.93 bits per heavy atom. The molecule has 1 heterocycles. The van der Waals surface area contributed by atoms with E-state index < -0.39 is 4.92 Å². The Hall–Kier alpha value is -3.15. The third-order valence-electron chi connectivity index (χ3n) is 5.84. The van der Waals surface area contributed by atoms with Gasteiger partial charge in [0.2, 0.25) is 5.91 Å². The number of carbonyl (C=O) groups is 1. The Balaban J connectivity index is 1.66. The molecule has 150 valence electrons. The molecule has 0 saturated heterocycles. The van der Waals surface area contributed by atoms with Crippen LogP contribution in [-0.2, 0) is 4.79 Å². The summed E-state index contributed by atoms with van der Waals surface area (Å²) in [6.45, 7) is 0. The Morgan fingerprint density at radius 3 is 2.72 bits per heavy atom. The van der Waals surface area contributed by atoms with E-state index in [4.69, 9.17) is 0 Å². The molecule has 3 aromatic rings. The van der Waals surface area contributed by atoms with Gasteiger partial charge in [-0.05, 0) is 30.0 Å². The summed E-state index contributed by atoms with van der Waals surface area (Å²) in [5.41, 5.74) is 2.80. The predicted molar refractivity (Wildman–Crippen MR) is 113 cm³/mol. The lowest BCUT2D eigenvalue weighted by Crippen LogP contribution is -2.36. The minimum absolute atomic E-state index is 0.00122. The smallest absolute Gasteiger partial charge is 0.269 e. The molecule has 0 spiro atoms. The summed E-state index contributed by atoms with van der Waals surface area (Å²) in [5.74, 6) is -0.256. The molecule has 1 aliphatic rings. The first-order valence-corrected chi connectivity index (χ1v) is 10.2. The van der Waals surface area contributed by atoms with Gasteiger partial charge in [0, 0.05) is 47.6 Å². The van der Waals surface area contributed by atoms with Gasteiger partial charge in [0.1, 0.15) is 0 Å². The summed E-state index contributed by atoms with van der Waals surface area (Å²) < 4.78 is 0. The van der Waals surface area contributed by atoms with Crippen molar-refractivity contribution in [1.82, 2.24) is 10.3 Å². The van der Waals surface area contributed by atoms with Crippen LogP contribution in [-0.4, -0.2) is 21.9 Å². The molecule has 0 radical (unpaired) electrons. The Labute approximate surface area is 169 Å². The van der Waals surface area contributed by atoms with Crippen molar-refractivity contribution in [2.45, 2.75) is 50.5 Å². The second-order valence-corrected chi connectivity index (χ2v) is 7.80. The van der Waals surface area contributed by atoms with Crippen LogP contribution in [0.3, 0.4) is 0 Å². The number of amides is 1. The summed E-state index contributed by atoms with van der Waals surface area (Å²) >= 11 is 0. The fourth-order valence-corrected chi connectivity index (χ4v) is 4.36. The first kappa shape index (κ1) is 19.2. The normalized spacial score (nSPS) is 15.9. The fourth-order valence-electron chi connectivity index (χ4n) is 4.36. The molecular formula is C23H25N3O3. The van der Waals surface area contributed by atoms with Crippen molar-refractivity contribution in [3.05, 3.63) is 76.0 Å². The van der Waals surface area contributed by atoms with E-state index in [9.17, 15) is 14.9 Å². The number of non-ortho nitro benzene ring substituents is 1. The highest BCUT2D eigenvalue weighted by Gasteiger charge is 2.24. The molecular weight excluding hydrogens is 366 g/mol. The van der Waals surface area contributed by atoms with Gasteiger partial charge < -0.3 is 10.3 Å². The zero-order valence-electron chi connectivity index (χ0n) is 16.3. The van der Waals surface area contributed by atoms with E-state index in [-0.39, 0.29) is 30.0 Å². The van der Waals surface area contributed by atoms with Crippen LogP contribution in [0.15, 0.2) is 54.7 Å². The first-order valence-electron chi connectivity index (χ1n) is 10.2. The van der Waals surface area contributed by atoms with Gasteiger partial charge in [-0.2, -0.15) is 0 Å². The predicted octanol–water partition coefficient (Wildman–Crippen LogP) is 5.05. The van der Waals surface area contributed by atoms with E-state index in [1.807, 2.05) is 36.5 Å². The van der Waals surface area contributed by atoms with E-state index >= 15 is 0 Å². The lowest BCUT2D eigenvalue weighted by atomic mass is 9.87. The molecule has 2 N–H and O–H groups in total. The van der Waals surface area contributed by atoms with Crippen LogP contribution in [0.25, 0.3) is 10.9 Å². The van der Waals surface area contributed by atoms with Gasteiger partial charge >= 0.3 is 0 Å². The minimum Gasteiger partial charge on any atom is -0.361 e. The molecule has 1 aliphatic carbocycles. The summed E-state index contributed by atoms with van der Waals surface area (Å²) in [6, 6.07) is 14.8. The van der Waals surface area contributed by atoms with Gasteiger partial charge in [0.05, 0.1) is 4.92 Å². The minimum atomic E-state index is -0.391. The fraction of sp³-hybridized carbons (Fsp3) is 0.348. The average molecular weight is 391 g/mol. The van der Waals surface area contributed by atoms with Crippen LogP contribution >= 0.6 is 0 Å². The lowest BCUT2D eigenvalue weighted by Gasteiger charge is -2.24. The molecule has 6 heteroatoms. The molecule has 4 rings (SSSR count). The number of benzene rings is 2. The van der Waals surface area contributed by atoms with E-state index in [1.54, 1.807) is 12.1 Å². The van der Waals surface area contributed by atoms with Crippen LogP contribution in [0.2, 0.25) is 0 Å². The second-order valence-electron chi connectivity index (χ2n) is 7.80. The van der Waals surface area contributed by atoms with Crippen molar-refractivity contribution in [2.24, 2.45) is 0 Å². The molecule has 1 amide bonds. The Bertz CT molecular complexity index is 1020. The number of nitro benzene ring substituents is 1. The molecule has 6 nitrogen and oxygen atoms in total. The monoisotopic (exact) mass is 391 g/mol. The Morgan fingerprint density at radius 1 is 1.14 bits per heavy atom. The summed E-state index contributed by atoms with van der Waals surface area (Å²) in [6.07, 6.45) is 7.78. The average Bonchev–Trinajstić information content (AvgIpc) is 3.17. The number of rotatable bonds is 6. The second kappa shape index (κ2) is 8.47. The van der Waals surface area contributed by atoms with Gasteiger partial charge in [-0.1, -0.05) is 49.6 Å². The molecule has 1 saturated carbocycles. The number of nitrogens with one attached hydrogen (secondary N) is 2. The number of aromatic nitrogens is 1. The van der Waals surface area contributed by atoms with E-state index in [0.717, 1.165) is 47.7 Å². The highest BCUT2D eigenvalue weighted by molar-refractivity contribution is 5.86. The van der Waals surface area contributed by atoms with Crippen molar-refractivity contribution < 1.29 is 9.72 Å². The maximum atomic E-state index is 12.9. The van der Waals surface area contributed by atoms with E-state index in [2.05, 4.69) is 10.3 Å². The molecule has 1 aromatic heterocycles. The molecule has 2 aromatic carbocycles. The number of hydrogen-bond donors (Lipinski definition) is 2. The highest BCUT2D eigenvalue weighted by Crippen LogP contribution is 2.35. The number of fused-ring (bicyclic) bond motifs is 1. The quantitative estimate of drug-likeness (QED) is 0.455. The maximum absolute atomic E-state index is 12.9. The zero-order chi connectivity index (χ0) is 20.2. The van der Waals surface area contributed by atoms with Crippen molar-refractivity contribution in [2.75, 3.05) is 0 Å². The van der Waals surface area contributed by atoms with Gasteiger partial charge in [0.25, 0.3) is 5.69 Å². The van der Waals surface area contributed by atoms with Gasteiger partial charge in [-0.15, -0.1) is 0 Å². The van der Waals surface area contributed by atoms with Crippen LogP contribution in [0.1, 0.15) is 55.6 Å². The van der Waals surface area contributed by atoms with Crippen molar-refractivity contribution in [3.8, 4) is 0 Å². The van der Waals surface area contributed by atoms with E-state index in [0.29, 0.717) is 0 Å². The number of nitro groups is 1. The lowest BCUT2D eigenvalue weighted by molar-refractivity contribution is -0.384. The van der Waals surface area contributed by atoms with Gasteiger partial charge in [-0.3, -0.25) is 14.9 Å². The molecule has 29 heavy (non-hydrogen) atoms.